The first kappa shape index (κ1) is 12.2. The maximum Gasteiger partial charge on any atom is 0.175 e. The highest BCUT2D eigenvalue weighted by Crippen LogP contribution is 2.11. The fraction of sp³-hybridized carbons (Fsp3) is 0.455. The van der Waals surface area contributed by atoms with E-state index in [4.69, 9.17) is 0 Å². The third-order valence-corrected chi connectivity index (χ3v) is 3.51. The van der Waals surface area contributed by atoms with Gasteiger partial charge in [-0.2, -0.15) is 0 Å². The summed E-state index contributed by atoms with van der Waals surface area (Å²) in [7, 11) is -1.16. The van der Waals surface area contributed by atoms with Crippen LogP contribution in [0.3, 0.4) is 0 Å². The maximum absolute atomic E-state index is 11.2. The first-order chi connectivity index (χ1) is 6.93. The molecule has 0 saturated carbocycles. The van der Waals surface area contributed by atoms with Crippen molar-refractivity contribution < 1.29 is 8.42 Å². The Morgan fingerprint density at radius 2 is 1.80 bits per heavy atom. The van der Waals surface area contributed by atoms with Crippen molar-refractivity contribution >= 4 is 9.84 Å². The molecule has 0 bridgehead atoms. The molecule has 0 fully saturated rings. The van der Waals surface area contributed by atoms with Gasteiger partial charge < -0.3 is 5.32 Å². The van der Waals surface area contributed by atoms with Crippen molar-refractivity contribution in [3.05, 3.63) is 29.8 Å². The average molecular weight is 227 g/mol. The summed E-state index contributed by atoms with van der Waals surface area (Å²) >= 11 is 0. The van der Waals surface area contributed by atoms with Crippen LogP contribution in [0.5, 0.6) is 0 Å². The van der Waals surface area contributed by atoms with Crippen molar-refractivity contribution in [2.75, 3.05) is 13.3 Å². The SMILES string of the molecule is CNC(C)Cc1ccc(S(C)(=O)=O)cc1. The van der Waals surface area contributed by atoms with Crippen LogP contribution < -0.4 is 5.32 Å². The summed E-state index contributed by atoms with van der Waals surface area (Å²) in [5, 5.41) is 3.14. The Morgan fingerprint density at radius 1 is 1.27 bits per heavy atom. The second-order valence-corrected chi connectivity index (χ2v) is 5.83. The van der Waals surface area contributed by atoms with Crippen LogP contribution in [0.4, 0.5) is 0 Å². The fourth-order valence-electron chi connectivity index (χ4n) is 1.33. The molecule has 15 heavy (non-hydrogen) atoms. The predicted molar refractivity (Wildman–Crippen MR) is 61.8 cm³/mol. The van der Waals surface area contributed by atoms with Gasteiger partial charge in [-0.1, -0.05) is 12.1 Å². The lowest BCUT2D eigenvalue weighted by Crippen LogP contribution is -2.23. The summed E-state index contributed by atoms with van der Waals surface area (Å²) in [6.45, 7) is 2.09. The predicted octanol–water partition coefficient (Wildman–Crippen LogP) is 1.24. The quantitative estimate of drug-likeness (QED) is 0.842. The van der Waals surface area contributed by atoms with Gasteiger partial charge in [-0.3, -0.25) is 0 Å². The molecule has 0 aliphatic heterocycles. The molecule has 84 valence electrons. The van der Waals surface area contributed by atoms with Crippen molar-refractivity contribution in [3.8, 4) is 0 Å². The molecule has 0 saturated heterocycles. The van der Waals surface area contributed by atoms with Crippen LogP contribution in [0.1, 0.15) is 12.5 Å². The number of sulfone groups is 1. The highest BCUT2D eigenvalue weighted by Gasteiger charge is 2.06. The van der Waals surface area contributed by atoms with Gasteiger partial charge in [0.2, 0.25) is 0 Å². The topological polar surface area (TPSA) is 46.2 Å². The van der Waals surface area contributed by atoms with Crippen molar-refractivity contribution in [2.24, 2.45) is 0 Å². The van der Waals surface area contributed by atoms with E-state index in [1.165, 1.54) is 6.26 Å². The Morgan fingerprint density at radius 3 is 2.20 bits per heavy atom. The summed E-state index contributed by atoms with van der Waals surface area (Å²) in [5.41, 5.74) is 1.14. The zero-order chi connectivity index (χ0) is 11.5. The molecule has 1 unspecified atom stereocenters. The molecule has 0 heterocycles. The fourth-order valence-corrected chi connectivity index (χ4v) is 1.96. The van der Waals surface area contributed by atoms with Gasteiger partial charge in [0.05, 0.1) is 4.90 Å². The molecule has 0 aliphatic rings. The summed E-state index contributed by atoms with van der Waals surface area (Å²) in [4.78, 5) is 0.378. The number of rotatable bonds is 4. The van der Waals surface area contributed by atoms with Gasteiger partial charge in [0.1, 0.15) is 0 Å². The minimum absolute atomic E-state index is 0.378. The summed E-state index contributed by atoms with van der Waals surface area (Å²) in [5.74, 6) is 0. The van der Waals surface area contributed by atoms with Crippen LogP contribution in [0.15, 0.2) is 29.2 Å². The van der Waals surface area contributed by atoms with Gasteiger partial charge in [-0.15, -0.1) is 0 Å². The van der Waals surface area contributed by atoms with Crippen LogP contribution in [-0.4, -0.2) is 27.8 Å². The highest BCUT2D eigenvalue weighted by molar-refractivity contribution is 7.90. The maximum atomic E-state index is 11.2. The average Bonchev–Trinajstić information content (AvgIpc) is 2.17. The Bertz CT molecular complexity index is 409. The van der Waals surface area contributed by atoms with E-state index in [9.17, 15) is 8.42 Å². The summed E-state index contributed by atoms with van der Waals surface area (Å²) in [6.07, 6.45) is 2.12. The van der Waals surface area contributed by atoms with Gasteiger partial charge >= 0.3 is 0 Å². The van der Waals surface area contributed by atoms with Crippen molar-refractivity contribution in [3.63, 3.8) is 0 Å². The first-order valence-electron chi connectivity index (χ1n) is 4.89. The number of hydrogen-bond acceptors (Lipinski definition) is 3. The molecule has 1 atom stereocenters. The van der Waals surface area contributed by atoms with Crippen LogP contribution in [0, 0.1) is 0 Å². The van der Waals surface area contributed by atoms with Crippen LogP contribution in [0.2, 0.25) is 0 Å². The first-order valence-corrected chi connectivity index (χ1v) is 6.79. The van der Waals surface area contributed by atoms with Crippen LogP contribution in [0.25, 0.3) is 0 Å². The molecule has 0 amide bonds. The molecule has 1 rings (SSSR count). The van der Waals surface area contributed by atoms with E-state index < -0.39 is 9.84 Å². The second-order valence-electron chi connectivity index (χ2n) is 3.81. The molecule has 0 aromatic heterocycles. The monoisotopic (exact) mass is 227 g/mol. The van der Waals surface area contributed by atoms with Gasteiger partial charge in [0.15, 0.2) is 9.84 Å². The van der Waals surface area contributed by atoms with E-state index in [0.717, 1.165) is 12.0 Å². The van der Waals surface area contributed by atoms with Crippen LogP contribution in [-0.2, 0) is 16.3 Å². The van der Waals surface area contributed by atoms with E-state index in [-0.39, 0.29) is 0 Å². The molecular weight excluding hydrogens is 210 g/mol. The standard InChI is InChI=1S/C11H17NO2S/c1-9(12-2)8-10-4-6-11(7-5-10)15(3,13)14/h4-7,9,12H,8H2,1-3H3. The van der Waals surface area contributed by atoms with E-state index >= 15 is 0 Å². The molecular formula is C11H17NO2S. The third-order valence-electron chi connectivity index (χ3n) is 2.39. The minimum Gasteiger partial charge on any atom is -0.317 e. The Kier molecular flexibility index (Phi) is 3.88. The summed E-state index contributed by atoms with van der Waals surface area (Å²) in [6, 6.07) is 7.45. The lowest BCUT2D eigenvalue weighted by Gasteiger charge is -2.09. The van der Waals surface area contributed by atoms with Gasteiger partial charge in [-0.05, 0) is 38.1 Å². The molecule has 0 aliphatic carbocycles. The van der Waals surface area contributed by atoms with Gasteiger partial charge in [0.25, 0.3) is 0 Å². The van der Waals surface area contributed by atoms with E-state index in [0.29, 0.717) is 10.9 Å². The van der Waals surface area contributed by atoms with E-state index in [2.05, 4.69) is 12.2 Å². The molecule has 0 spiro atoms. The molecule has 3 nitrogen and oxygen atoms in total. The number of hydrogen-bond donors (Lipinski definition) is 1. The number of benzene rings is 1. The molecule has 1 aromatic rings. The van der Waals surface area contributed by atoms with Crippen molar-refractivity contribution in [2.45, 2.75) is 24.3 Å². The highest BCUT2D eigenvalue weighted by atomic mass is 32.2. The number of nitrogens with one attached hydrogen (secondary N) is 1. The van der Waals surface area contributed by atoms with Crippen molar-refractivity contribution in [1.82, 2.24) is 5.32 Å². The van der Waals surface area contributed by atoms with Gasteiger partial charge in [-0.25, -0.2) is 8.42 Å². The molecule has 0 radical (unpaired) electrons. The zero-order valence-corrected chi connectivity index (χ0v) is 10.1. The van der Waals surface area contributed by atoms with E-state index in [1.807, 2.05) is 19.2 Å². The lowest BCUT2D eigenvalue weighted by atomic mass is 10.1. The molecule has 1 N–H and O–H groups in total. The van der Waals surface area contributed by atoms with Crippen LogP contribution >= 0.6 is 0 Å². The second kappa shape index (κ2) is 4.77. The summed E-state index contributed by atoms with van der Waals surface area (Å²) < 4.78 is 22.4. The lowest BCUT2D eigenvalue weighted by molar-refractivity contribution is 0.601. The normalized spacial score (nSPS) is 13.8. The van der Waals surface area contributed by atoms with E-state index in [1.54, 1.807) is 12.1 Å². The molecule has 4 heteroatoms. The number of likely N-dealkylation sites (N-methyl/N-ethyl adjacent to an activating group) is 1. The smallest absolute Gasteiger partial charge is 0.175 e. The Hall–Kier alpha value is -0.870. The minimum atomic E-state index is -3.07. The Labute approximate surface area is 91.4 Å². The third kappa shape index (κ3) is 3.64. The molecule has 1 aromatic carbocycles. The Balaban J connectivity index is 2.82. The zero-order valence-electron chi connectivity index (χ0n) is 9.32. The van der Waals surface area contributed by atoms with Crippen molar-refractivity contribution in [1.29, 1.82) is 0 Å². The largest absolute Gasteiger partial charge is 0.317 e. The van der Waals surface area contributed by atoms with Gasteiger partial charge in [0, 0.05) is 12.3 Å².